The minimum atomic E-state index is -0.500. The summed E-state index contributed by atoms with van der Waals surface area (Å²) in [5, 5.41) is 3.14. The van der Waals surface area contributed by atoms with Gasteiger partial charge >= 0.3 is 0 Å². The molecule has 0 bridgehead atoms. The van der Waals surface area contributed by atoms with Gasteiger partial charge in [0.1, 0.15) is 5.15 Å². The molecule has 0 spiro atoms. The fourth-order valence-corrected chi connectivity index (χ4v) is 2.42. The van der Waals surface area contributed by atoms with Crippen LogP contribution < -0.4 is 11.1 Å². The van der Waals surface area contributed by atoms with Crippen LogP contribution in [-0.4, -0.2) is 21.8 Å². The average Bonchev–Trinajstić information content (AvgIpc) is 2.64. The Morgan fingerprint density at radius 1 is 0.923 bits per heavy atom. The first-order chi connectivity index (χ1) is 12.5. The number of hydrogen-bond donors (Lipinski definition) is 2. The molecule has 1 aromatic carbocycles. The van der Waals surface area contributed by atoms with Gasteiger partial charge in [-0.2, -0.15) is 0 Å². The summed E-state index contributed by atoms with van der Waals surface area (Å²) >= 11 is 5.71. The molecule has 3 N–H and O–H groups in total. The Labute approximate surface area is 155 Å². The molecule has 130 valence electrons. The molecule has 3 aromatic rings. The summed E-state index contributed by atoms with van der Waals surface area (Å²) < 4.78 is 0. The Hall–Kier alpha value is -3.25. The van der Waals surface area contributed by atoms with Crippen LogP contribution in [0.2, 0.25) is 5.15 Å². The first-order valence-electron chi connectivity index (χ1n) is 7.78. The number of carbonyl (C=O) groups excluding carboxylic acids is 2. The van der Waals surface area contributed by atoms with Gasteiger partial charge in [0.15, 0.2) is 0 Å². The minimum Gasteiger partial charge on any atom is -0.366 e. The lowest BCUT2D eigenvalue weighted by Gasteiger charge is -2.07. The van der Waals surface area contributed by atoms with E-state index in [2.05, 4.69) is 15.3 Å². The number of anilines is 1. The van der Waals surface area contributed by atoms with Crippen LogP contribution in [0.4, 0.5) is 5.69 Å². The molecule has 0 atom stereocenters. The first-order valence-corrected chi connectivity index (χ1v) is 8.15. The number of aromatic nitrogens is 2. The summed E-state index contributed by atoms with van der Waals surface area (Å²) in [7, 11) is 0. The van der Waals surface area contributed by atoms with Gasteiger partial charge in [0, 0.05) is 30.2 Å². The highest BCUT2D eigenvalue weighted by Crippen LogP contribution is 2.14. The molecule has 2 amide bonds. The molecule has 0 radical (unpaired) electrons. The number of nitrogens with one attached hydrogen (secondary N) is 1. The molecule has 0 aliphatic carbocycles. The van der Waals surface area contributed by atoms with Crippen LogP contribution in [0.5, 0.6) is 0 Å². The lowest BCUT2D eigenvalue weighted by Crippen LogP contribution is -2.12. The van der Waals surface area contributed by atoms with Crippen molar-refractivity contribution in [1.82, 2.24) is 9.97 Å². The normalized spacial score (nSPS) is 10.3. The zero-order valence-corrected chi connectivity index (χ0v) is 14.4. The second-order valence-corrected chi connectivity index (χ2v) is 5.99. The van der Waals surface area contributed by atoms with Crippen molar-refractivity contribution in [2.24, 2.45) is 5.73 Å². The third-order valence-corrected chi connectivity index (χ3v) is 3.92. The van der Waals surface area contributed by atoms with Crippen molar-refractivity contribution < 1.29 is 9.59 Å². The molecule has 0 unspecified atom stereocenters. The number of nitrogens with zero attached hydrogens (tertiary/aromatic N) is 2. The van der Waals surface area contributed by atoms with Crippen LogP contribution in [-0.2, 0) is 6.42 Å². The highest BCUT2D eigenvalue weighted by Gasteiger charge is 2.07. The van der Waals surface area contributed by atoms with Crippen molar-refractivity contribution in [3.63, 3.8) is 0 Å². The first kappa shape index (κ1) is 17.6. The van der Waals surface area contributed by atoms with Crippen molar-refractivity contribution >= 4 is 29.1 Å². The zero-order chi connectivity index (χ0) is 18.5. The van der Waals surface area contributed by atoms with Gasteiger partial charge in [-0.05, 0) is 42.0 Å². The molecule has 6 nitrogen and oxygen atoms in total. The maximum Gasteiger partial charge on any atom is 0.257 e. The second kappa shape index (κ2) is 7.76. The third kappa shape index (κ3) is 4.43. The van der Waals surface area contributed by atoms with E-state index < -0.39 is 5.91 Å². The lowest BCUT2D eigenvalue weighted by atomic mass is 10.1. The molecule has 0 saturated heterocycles. The molecule has 0 saturated carbocycles. The van der Waals surface area contributed by atoms with Crippen LogP contribution in [0.25, 0.3) is 0 Å². The van der Waals surface area contributed by atoms with Gasteiger partial charge in [-0.1, -0.05) is 23.7 Å². The van der Waals surface area contributed by atoms with Gasteiger partial charge in [-0.25, -0.2) is 4.98 Å². The number of primary amides is 1. The van der Waals surface area contributed by atoms with E-state index in [1.807, 2.05) is 24.3 Å². The fraction of sp³-hybridized carbons (Fsp3) is 0.0526. The Kier molecular flexibility index (Phi) is 5.24. The number of halogens is 1. The van der Waals surface area contributed by atoms with Gasteiger partial charge in [-0.15, -0.1) is 0 Å². The van der Waals surface area contributed by atoms with E-state index in [1.165, 1.54) is 12.4 Å². The topological polar surface area (TPSA) is 98.0 Å². The summed E-state index contributed by atoms with van der Waals surface area (Å²) in [5.41, 5.74) is 8.52. The number of amides is 2. The molecule has 0 aliphatic rings. The highest BCUT2D eigenvalue weighted by molar-refractivity contribution is 6.29. The van der Waals surface area contributed by atoms with Crippen molar-refractivity contribution in [2.45, 2.75) is 6.42 Å². The summed E-state index contributed by atoms with van der Waals surface area (Å²) in [6.45, 7) is 0. The van der Waals surface area contributed by atoms with Gasteiger partial charge in [0.25, 0.3) is 5.91 Å². The summed E-state index contributed by atoms with van der Waals surface area (Å²) in [4.78, 5) is 31.3. The molecule has 2 heterocycles. The molecule has 3 rings (SSSR count). The predicted octanol–water partition coefficient (Wildman–Crippen LogP) is 3.07. The van der Waals surface area contributed by atoms with Crippen molar-refractivity contribution in [3.05, 3.63) is 88.5 Å². The van der Waals surface area contributed by atoms with Crippen LogP contribution in [0.1, 0.15) is 32.0 Å². The Bertz CT molecular complexity index is 923. The summed E-state index contributed by atoms with van der Waals surface area (Å²) in [6, 6.07) is 14.0. The van der Waals surface area contributed by atoms with E-state index in [4.69, 9.17) is 17.3 Å². The highest BCUT2D eigenvalue weighted by atomic mass is 35.5. The van der Waals surface area contributed by atoms with Crippen LogP contribution >= 0.6 is 11.6 Å². The van der Waals surface area contributed by atoms with Crippen LogP contribution in [0, 0.1) is 0 Å². The largest absolute Gasteiger partial charge is 0.366 e. The minimum absolute atomic E-state index is 0.259. The molecular formula is C19H15ClN4O2. The van der Waals surface area contributed by atoms with Crippen LogP contribution in [0.15, 0.2) is 60.9 Å². The molecular weight excluding hydrogens is 352 g/mol. The molecule has 0 fully saturated rings. The third-order valence-electron chi connectivity index (χ3n) is 3.70. The Morgan fingerprint density at radius 2 is 1.62 bits per heavy atom. The molecule has 7 heteroatoms. The molecule has 2 aromatic heterocycles. The zero-order valence-electron chi connectivity index (χ0n) is 13.6. The van der Waals surface area contributed by atoms with Gasteiger partial charge in [-0.3, -0.25) is 14.6 Å². The lowest BCUT2D eigenvalue weighted by molar-refractivity contribution is 0.0997. The van der Waals surface area contributed by atoms with E-state index in [0.717, 1.165) is 11.3 Å². The number of pyridine rings is 2. The number of carbonyl (C=O) groups is 2. The van der Waals surface area contributed by atoms with Gasteiger partial charge < -0.3 is 11.1 Å². The predicted molar refractivity (Wildman–Crippen MR) is 99.2 cm³/mol. The van der Waals surface area contributed by atoms with E-state index >= 15 is 0 Å². The van der Waals surface area contributed by atoms with Gasteiger partial charge in [0.2, 0.25) is 5.91 Å². The smallest absolute Gasteiger partial charge is 0.257 e. The Morgan fingerprint density at radius 3 is 2.19 bits per heavy atom. The van der Waals surface area contributed by atoms with E-state index in [1.54, 1.807) is 24.3 Å². The monoisotopic (exact) mass is 366 g/mol. The van der Waals surface area contributed by atoms with E-state index in [9.17, 15) is 9.59 Å². The number of nitrogens with two attached hydrogens (primary N) is 1. The second-order valence-electron chi connectivity index (χ2n) is 5.60. The van der Waals surface area contributed by atoms with Crippen molar-refractivity contribution in [1.29, 1.82) is 0 Å². The Balaban J connectivity index is 1.63. The standard InChI is InChI=1S/C19H15ClN4O2/c20-17-8-4-14(11-23-17)19(26)24-15-5-1-12(2-6-15)9-16-7-3-13(10-22-16)18(21)25/h1-8,10-11H,9H2,(H2,21,25)(H,24,26). The van der Waals surface area contributed by atoms with E-state index in [-0.39, 0.29) is 5.91 Å². The van der Waals surface area contributed by atoms with Crippen molar-refractivity contribution in [2.75, 3.05) is 5.32 Å². The summed E-state index contributed by atoms with van der Waals surface area (Å²) in [5.74, 6) is -0.759. The quantitative estimate of drug-likeness (QED) is 0.678. The SMILES string of the molecule is NC(=O)c1ccc(Cc2ccc(NC(=O)c3ccc(Cl)nc3)cc2)nc1. The average molecular weight is 367 g/mol. The van der Waals surface area contributed by atoms with E-state index in [0.29, 0.717) is 28.4 Å². The van der Waals surface area contributed by atoms with Crippen molar-refractivity contribution in [3.8, 4) is 0 Å². The van der Waals surface area contributed by atoms with Crippen LogP contribution in [0.3, 0.4) is 0 Å². The maximum absolute atomic E-state index is 12.1. The number of hydrogen-bond acceptors (Lipinski definition) is 4. The molecule has 0 aliphatic heterocycles. The molecule has 26 heavy (non-hydrogen) atoms. The van der Waals surface area contributed by atoms with Gasteiger partial charge in [0.05, 0.1) is 11.1 Å². The number of rotatable bonds is 5. The summed E-state index contributed by atoms with van der Waals surface area (Å²) in [6.07, 6.45) is 3.49. The maximum atomic E-state index is 12.1. The number of benzene rings is 1. The fourth-order valence-electron chi connectivity index (χ4n) is 2.30.